The van der Waals surface area contributed by atoms with Gasteiger partial charge in [0.1, 0.15) is 16.0 Å². The van der Waals surface area contributed by atoms with Crippen molar-refractivity contribution in [3.8, 4) is 0 Å². The summed E-state index contributed by atoms with van der Waals surface area (Å²) >= 11 is 0. The predicted octanol–water partition coefficient (Wildman–Crippen LogP) is 2.10. The second-order valence-corrected chi connectivity index (χ2v) is 6.77. The van der Waals surface area contributed by atoms with E-state index in [-0.39, 0.29) is 5.56 Å². The minimum atomic E-state index is -4.53. The van der Waals surface area contributed by atoms with E-state index in [9.17, 15) is 33.2 Å². The highest BCUT2D eigenvalue weighted by Crippen LogP contribution is 2.37. The maximum atomic E-state index is 11.3. The van der Waals surface area contributed by atoms with Gasteiger partial charge in [0.05, 0.1) is 15.9 Å². The van der Waals surface area contributed by atoms with Gasteiger partial charge in [-0.25, -0.2) is 8.42 Å². The molecule has 0 N–H and O–H groups in total. The van der Waals surface area contributed by atoms with Gasteiger partial charge in [0.2, 0.25) is 0 Å². The first-order valence-electron chi connectivity index (χ1n) is 7.08. The van der Waals surface area contributed by atoms with Gasteiger partial charge in [-0.3, -0.25) is 25.2 Å². The van der Waals surface area contributed by atoms with Gasteiger partial charge in [-0.15, -0.1) is 0 Å². The molecule has 1 fully saturated rings. The maximum absolute atomic E-state index is 11.3. The Balaban J connectivity index is 2.47. The third-order valence-corrected chi connectivity index (χ3v) is 4.25. The molecule has 1 saturated carbocycles. The molecular weight excluding hydrogens is 342 g/mol. The van der Waals surface area contributed by atoms with Crippen molar-refractivity contribution in [2.45, 2.75) is 31.6 Å². The van der Waals surface area contributed by atoms with Crippen molar-refractivity contribution >= 4 is 27.2 Å². The quantitative estimate of drug-likeness (QED) is 0.444. The van der Waals surface area contributed by atoms with Crippen LogP contribution in [0, 0.1) is 20.2 Å². The molecule has 0 bridgehead atoms. The first-order valence-corrected chi connectivity index (χ1v) is 8.66. The van der Waals surface area contributed by atoms with Crippen molar-refractivity contribution in [2.24, 2.45) is 4.99 Å². The predicted molar refractivity (Wildman–Crippen MR) is 83.0 cm³/mol. The lowest BCUT2D eigenvalue weighted by Gasteiger charge is -2.24. The first kappa shape index (κ1) is 17.9. The molecule has 1 aliphatic carbocycles. The highest BCUT2D eigenvalue weighted by atomic mass is 32.2. The van der Waals surface area contributed by atoms with Crippen molar-refractivity contribution in [1.29, 1.82) is 0 Å². The van der Waals surface area contributed by atoms with E-state index in [1.807, 2.05) is 0 Å². The molecule has 11 heteroatoms. The molecule has 24 heavy (non-hydrogen) atoms. The molecular formula is C13H14N3O7S-. The Morgan fingerprint density at radius 3 is 2.46 bits per heavy atom. The molecule has 0 heterocycles. The lowest BCUT2D eigenvalue weighted by Crippen LogP contribution is -2.20. The Labute approximate surface area is 137 Å². The third-order valence-electron chi connectivity index (χ3n) is 3.80. The molecule has 0 radical (unpaired) electrons. The fourth-order valence-electron chi connectivity index (χ4n) is 2.78. The van der Waals surface area contributed by atoms with Crippen molar-refractivity contribution in [3.05, 3.63) is 44.0 Å². The average Bonchev–Trinajstić information content (AvgIpc) is 2.51. The highest BCUT2D eigenvalue weighted by Gasteiger charge is 2.30. The van der Waals surface area contributed by atoms with Crippen molar-refractivity contribution in [3.63, 3.8) is 0 Å². The summed E-state index contributed by atoms with van der Waals surface area (Å²) in [7, 11) is -4.53. The molecule has 10 nitrogen and oxygen atoms in total. The molecule has 0 aromatic heterocycles. The molecule has 2 rings (SSSR count). The number of nitro benzene ring substituents is 2. The van der Waals surface area contributed by atoms with Crippen LogP contribution in [0.4, 0.5) is 11.4 Å². The Bertz CT molecular complexity index is 804. The van der Waals surface area contributed by atoms with Crippen LogP contribution in [0.3, 0.4) is 0 Å². The fourth-order valence-corrected chi connectivity index (χ4v) is 3.10. The Kier molecular flexibility index (Phi) is 5.24. The number of hydrogen-bond donors (Lipinski definition) is 0. The van der Waals surface area contributed by atoms with Crippen LogP contribution in [0.5, 0.6) is 0 Å². The number of benzene rings is 1. The van der Waals surface area contributed by atoms with Crippen molar-refractivity contribution in [2.75, 3.05) is 5.88 Å². The minimum absolute atomic E-state index is 0.243. The first-order chi connectivity index (χ1) is 11.2. The molecule has 130 valence electrons. The minimum Gasteiger partial charge on any atom is -0.747 e. The number of aliphatic imine (C=N–C) groups is 1. The van der Waals surface area contributed by atoms with Crippen molar-refractivity contribution < 1.29 is 22.8 Å². The summed E-state index contributed by atoms with van der Waals surface area (Å²) in [6, 6.07) is 3.35. The molecule has 0 aliphatic heterocycles. The van der Waals surface area contributed by atoms with Crippen LogP contribution in [0.1, 0.15) is 37.2 Å². The van der Waals surface area contributed by atoms with Crippen molar-refractivity contribution in [1.82, 2.24) is 0 Å². The summed E-state index contributed by atoms with van der Waals surface area (Å²) < 4.78 is 32.3. The second kappa shape index (κ2) is 7.01. The smallest absolute Gasteiger partial charge is 0.280 e. The monoisotopic (exact) mass is 356 g/mol. The number of rotatable bonds is 5. The van der Waals surface area contributed by atoms with E-state index < -0.39 is 43.1 Å². The molecule has 0 saturated heterocycles. The normalized spacial score (nSPS) is 20.0. The molecule has 1 aromatic rings. The van der Waals surface area contributed by atoms with Gasteiger partial charge >= 0.3 is 0 Å². The summed E-state index contributed by atoms with van der Waals surface area (Å²) in [6.45, 7) is 0. The van der Waals surface area contributed by atoms with Gasteiger partial charge in [-0.05, 0) is 25.3 Å². The Morgan fingerprint density at radius 1 is 1.17 bits per heavy atom. The SMILES string of the molecule is O=[N+]([O-])c1ccc(C2CCCC/C2=N\CS(=O)(=O)[O-])c([N+](=O)[O-])c1. The summed E-state index contributed by atoms with van der Waals surface area (Å²) in [5, 5.41) is 22.1. The van der Waals surface area contributed by atoms with Gasteiger partial charge in [0, 0.05) is 23.3 Å². The Morgan fingerprint density at radius 2 is 1.88 bits per heavy atom. The summed E-state index contributed by atoms with van der Waals surface area (Å²) in [5.74, 6) is -1.44. The zero-order valence-electron chi connectivity index (χ0n) is 12.5. The van der Waals surface area contributed by atoms with E-state index in [0.29, 0.717) is 18.6 Å². The molecule has 0 amide bonds. The van der Waals surface area contributed by atoms with E-state index in [0.717, 1.165) is 18.9 Å². The summed E-state index contributed by atoms with van der Waals surface area (Å²) in [5.41, 5.74) is -0.166. The van der Waals surface area contributed by atoms with Gasteiger partial charge in [-0.1, -0.05) is 6.42 Å². The number of nitro groups is 2. The van der Waals surface area contributed by atoms with E-state index >= 15 is 0 Å². The van der Waals surface area contributed by atoms with Crippen LogP contribution in [0.2, 0.25) is 0 Å². The molecule has 1 unspecified atom stereocenters. The topological polar surface area (TPSA) is 156 Å². The lowest BCUT2D eigenvalue weighted by atomic mass is 9.81. The average molecular weight is 356 g/mol. The zero-order valence-corrected chi connectivity index (χ0v) is 13.3. The van der Waals surface area contributed by atoms with Gasteiger partial charge in [0.25, 0.3) is 11.4 Å². The lowest BCUT2D eigenvalue weighted by molar-refractivity contribution is -0.394. The second-order valence-electron chi connectivity index (χ2n) is 5.39. The number of non-ortho nitro benzene ring substituents is 1. The summed E-state index contributed by atoms with van der Waals surface area (Å²) in [6.07, 6.45) is 2.40. The molecule has 1 aliphatic rings. The van der Waals surface area contributed by atoms with Crippen LogP contribution in [-0.4, -0.2) is 34.4 Å². The third kappa shape index (κ3) is 4.32. The van der Waals surface area contributed by atoms with E-state index in [2.05, 4.69) is 4.99 Å². The van der Waals surface area contributed by atoms with Gasteiger partial charge in [0.15, 0.2) is 0 Å². The van der Waals surface area contributed by atoms with Crippen LogP contribution < -0.4 is 0 Å². The molecule has 1 aromatic carbocycles. The maximum Gasteiger partial charge on any atom is 0.280 e. The standard InChI is InChI=1S/C13H15N3O7S/c17-15(18)9-5-6-11(13(7-9)16(19)20)10-3-1-2-4-12(10)14-8-24(21,22)23/h5-7,10H,1-4,8H2,(H,21,22,23)/p-1/b14-12+. The fraction of sp³-hybridized carbons (Fsp3) is 0.462. The van der Waals surface area contributed by atoms with E-state index in [1.54, 1.807) is 0 Å². The Hall–Kier alpha value is -2.40. The molecule has 1 atom stereocenters. The van der Waals surface area contributed by atoms with Crippen LogP contribution >= 0.6 is 0 Å². The molecule has 0 spiro atoms. The van der Waals surface area contributed by atoms with Gasteiger partial charge in [-0.2, -0.15) is 0 Å². The van der Waals surface area contributed by atoms with Crippen LogP contribution in [0.15, 0.2) is 23.2 Å². The zero-order chi connectivity index (χ0) is 17.9. The van der Waals surface area contributed by atoms with E-state index in [4.69, 9.17) is 0 Å². The van der Waals surface area contributed by atoms with Gasteiger partial charge < -0.3 is 4.55 Å². The van der Waals surface area contributed by atoms with Crippen LogP contribution in [0.25, 0.3) is 0 Å². The van der Waals surface area contributed by atoms with Crippen LogP contribution in [-0.2, 0) is 10.1 Å². The van der Waals surface area contributed by atoms with E-state index in [1.165, 1.54) is 12.1 Å². The highest BCUT2D eigenvalue weighted by molar-refractivity contribution is 7.85. The largest absolute Gasteiger partial charge is 0.747 e. The number of nitrogens with zero attached hydrogens (tertiary/aromatic N) is 3. The number of hydrogen-bond acceptors (Lipinski definition) is 8. The summed E-state index contributed by atoms with van der Waals surface area (Å²) in [4.78, 5) is 24.5.